The Labute approximate surface area is 154 Å². The first-order chi connectivity index (χ1) is 12.1. The maximum atomic E-state index is 11.9. The van der Waals surface area contributed by atoms with E-state index in [1.54, 1.807) is 0 Å². The normalized spacial score (nSPS) is 12.1. The Morgan fingerprint density at radius 1 is 0.760 bits per heavy atom. The first kappa shape index (κ1) is 23.9. The molecule has 4 nitrogen and oxygen atoms in total. The Morgan fingerprint density at radius 3 is 1.76 bits per heavy atom. The number of unbranched alkanes of at least 4 members (excludes halogenated alkanes) is 11. The average molecular weight is 357 g/mol. The van der Waals surface area contributed by atoms with E-state index in [-0.39, 0.29) is 12.4 Å². The number of aliphatic carboxylic acids is 1. The predicted molar refractivity (Wildman–Crippen MR) is 103 cm³/mol. The fraction of sp³-hybridized carbons (Fsp3) is 0.905. The van der Waals surface area contributed by atoms with Gasteiger partial charge in [-0.15, -0.1) is 0 Å². The summed E-state index contributed by atoms with van der Waals surface area (Å²) in [5, 5.41) is 8.96. The molecule has 0 aromatic heterocycles. The minimum atomic E-state index is -0.892. The molecular weight excluding hydrogens is 316 g/mol. The van der Waals surface area contributed by atoms with Crippen LogP contribution in [-0.4, -0.2) is 23.1 Å². The first-order valence-corrected chi connectivity index (χ1v) is 10.5. The monoisotopic (exact) mass is 356 g/mol. The van der Waals surface area contributed by atoms with Crippen LogP contribution in [0.25, 0.3) is 0 Å². The van der Waals surface area contributed by atoms with Crippen molar-refractivity contribution in [3.63, 3.8) is 0 Å². The van der Waals surface area contributed by atoms with Gasteiger partial charge < -0.3 is 9.84 Å². The lowest BCUT2D eigenvalue weighted by molar-refractivity contribution is -0.153. The van der Waals surface area contributed by atoms with Crippen molar-refractivity contribution < 1.29 is 19.4 Å². The quantitative estimate of drug-likeness (QED) is 0.232. The molecule has 4 heteroatoms. The number of hydrogen-bond acceptors (Lipinski definition) is 3. The van der Waals surface area contributed by atoms with E-state index in [1.807, 2.05) is 0 Å². The Morgan fingerprint density at radius 2 is 1.24 bits per heavy atom. The highest BCUT2D eigenvalue weighted by molar-refractivity contribution is 5.71. The van der Waals surface area contributed by atoms with Gasteiger partial charge in [-0.1, -0.05) is 84.5 Å². The van der Waals surface area contributed by atoms with Crippen molar-refractivity contribution in [1.29, 1.82) is 0 Å². The third kappa shape index (κ3) is 17.6. The molecule has 1 unspecified atom stereocenters. The second-order valence-electron chi connectivity index (χ2n) is 7.14. The first-order valence-electron chi connectivity index (χ1n) is 10.5. The Hall–Kier alpha value is -1.06. The van der Waals surface area contributed by atoms with Crippen molar-refractivity contribution in [2.75, 3.05) is 0 Å². The van der Waals surface area contributed by atoms with Crippen LogP contribution in [0.1, 0.15) is 117 Å². The van der Waals surface area contributed by atoms with Gasteiger partial charge in [-0.25, -0.2) is 0 Å². The van der Waals surface area contributed by atoms with Crippen molar-refractivity contribution in [3.8, 4) is 0 Å². The van der Waals surface area contributed by atoms with Crippen LogP contribution < -0.4 is 0 Å². The summed E-state index contributed by atoms with van der Waals surface area (Å²) in [5.41, 5.74) is 0. The van der Waals surface area contributed by atoms with Crippen LogP contribution in [0.2, 0.25) is 0 Å². The van der Waals surface area contributed by atoms with Gasteiger partial charge in [-0.3, -0.25) is 9.59 Å². The highest BCUT2D eigenvalue weighted by atomic mass is 16.5. The third-order valence-corrected chi connectivity index (χ3v) is 4.56. The number of carboxylic acid groups (broad SMARTS) is 1. The molecular formula is C21H40O4. The van der Waals surface area contributed by atoms with Gasteiger partial charge in [0.25, 0.3) is 0 Å². The highest BCUT2D eigenvalue weighted by Crippen LogP contribution is 2.14. The zero-order valence-corrected chi connectivity index (χ0v) is 16.6. The van der Waals surface area contributed by atoms with Gasteiger partial charge in [0.15, 0.2) is 0 Å². The highest BCUT2D eigenvalue weighted by Gasteiger charge is 2.17. The Kier molecular flexibility index (Phi) is 17.0. The summed E-state index contributed by atoms with van der Waals surface area (Å²) in [6, 6.07) is 0. The van der Waals surface area contributed by atoms with E-state index in [9.17, 15) is 9.59 Å². The van der Waals surface area contributed by atoms with Gasteiger partial charge >= 0.3 is 11.9 Å². The predicted octanol–water partition coefficient (Wildman–Crippen LogP) is 6.26. The molecule has 148 valence electrons. The maximum Gasteiger partial charge on any atom is 0.307 e. The van der Waals surface area contributed by atoms with Gasteiger partial charge in [-0.2, -0.15) is 0 Å². The van der Waals surface area contributed by atoms with Crippen LogP contribution in [0.3, 0.4) is 0 Å². The van der Waals surface area contributed by atoms with Crippen molar-refractivity contribution in [2.45, 2.75) is 123 Å². The molecule has 0 saturated heterocycles. The fourth-order valence-electron chi connectivity index (χ4n) is 3.02. The summed E-state index contributed by atoms with van der Waals surface area (Å²) in [7, 11) is 0. The molecule has 1 atom stereocenters. The third-order valence-electron chi connectivity index (χ3n) is 4.56. The van der Waals surface area contributed by atoms with Crippen LogP contribution >= 0.6 is 0 Å². The van der Waals surface area contributed by atoms with Crippen molar-refractivity contribution in [1.82, 2.24) is 0 Å². The molecule has 0 rings (SSSR count). The van der Waals surface area contributed by atoms with Crippen LogP contribution in [0, 0.1) is 0 Å². The van der Waals surface area contributed by atoms with Gasteiger partial charge in [0.05, 0.1) is 6.42 Å². The van der Waals surface area contributed by atoms with Crippen molar-refractivity contribution >= 4 is 11.9 Å². The van der Waals surface area contributed by atoms with E-state index in [1.165, 1.54) is 44.9 Å². The number of rotatable bonds is 18. The SMILES string of the molecule is CCCCCCCCCCCC(=O)OC(CCCCCC)CC(=O)O. The number of esters is 1. The van der Waals surface area contributed by atoms with E-state index in [4.69, 9.17) is 9.84 Å². The lowest BCUT2D eigenvalue weighted by Crippen LogP contribution is -2.21. The average Bonchev–Trinajstić information content (AvgIpc) is 2.56. The van der Waals surface area contributed by atoms with Crippen molar-refractivity contribution in [3.05, 3.63) is 0 Å². The molecule has 25 heavy (non-hydrogen) atoms. The molecule has 1 N–H and O–H groups in total. The molecule has 0 fully saturated rings. The van der Waals surface area contributed by atoms with Gasteiger partial charge in [0.2, 0.25) is 0 Å². The van der Waals surface area contributed by atoms with E-state index >= 15 is 0 Å². The van der Waals surface area contributed by atoms with Gasteiger partial charge in [-0.05, 0) is 19.3 Å². The summed E-state index contributed by atoms with van der Waals surface area (Å²) in [6.45, 7) is 4.37. The van der Waals surface area contributed by atoms with Crippen LogP contribution in [0.4, 0.5) is 0 Å². The number of carbonyl (C=O) groups excluding carboxylic acids is 1. The van der Waals surface area contributed by atoms with Crippen LogP contribution in [0.15, 0.2) is 0 Å². The van der Waals surface area contributed by atoms with Crippen molar-refractivity contribution in [2.24, 2.45) is 0 Å². The second kappa shape index (κ2) is 17.8. The lowest BCUT2D eigenvalue weighted by atomic mass is 10.1. The van der Waals surface area contributed by atoms with Gasteiger partial charge in [0.1, 0.15) is 6.10 Å². The summed E-state index contributed by atoms with van der Waals surface area (Å²) in [4.78, 5) is 22.8. The number of hydrogen-bond donors (Lipinski definition) is 1. The largest absolute Gasteiger partial charge is 0.481 e. The Bertz CT molecular complexity index is 328. The van der Waals surface area contributed by atoms with E-state index in [2.05, 4.69) is 13.8 Å². The molecule has 0 aliphatic heterocycles. The molecule has 0 bridgehead atoms. The Balaban J connectivity index is 3.73. The van der Waals surface area contributed by atoms with E-state index in [0.29, 0.717) is 12.8 Å². The van der Waals surface area contributed by atoms with Crippen LogP contribution in [-0.2, 0) is 14.3 Å². The molecule has 0 aliphatic carbocycles. The van der Waals surface area contributed by atoms with E-state index < -0.39 is 12.1 Å². The standard InChI is InChI=1S/C21H40O4/c1-3-5-7-9-10-11-12-13-15-17-21(24)25-19(18-20(22)23)16-14-8-6-4-2/h19H,3-18H2,1-2H3,(H,22,23). The molecule has 0 aliphatic rings. The molecule has 0 amide bonds. The molecule has 0 radical (unpaired) electrons. The summed E-state index contributed by atoms with van der Waals surface area (Å²) in [6.07, 6.45) is 15.7. The minimum Gasteiger partial charge on any atom is -0.481 e. The smallest absolute Gasteiger partial charge is 0.307 e. The minimum absolute atomic E-state index is 0.0738. The number of ether oxygens (including phenoxy) is 1. The fourth-order valence-corrected chi connectivity index (χ4v) is 3.02. The van der Waals surface area contributed by atoms with E-state index in [0.717, 1.165) is 38.5 Å². The summed E-state index contributed by atoms with van der Waals surface area (Å²) in [5.74, 6) is -1.12. The summed E-state index contributed by atoms with van der Waals surface area (Å²) >= 11 is 0. The lowest BCUT2D eigenvalue weighted by Gasteiger charge is -2.16. The maximum absolute atomic E-state index is 11.9. The number of carbonyl (C=O) groups is 2. The molecule has 0 aromatic rings. The topological polar surface area (TPSA) is 63.6 Å². The van der Waals surface area contributed by atoms with Crippen LogP contribution in [0.5, 0.6) is 0 Å². The van der Waals surface area contributed by atoms with Gasteiger partial charge in [0, 0.05) is 6.42 Å². The summed E-state index contributed by atoms with van der Waals surface area (Å²) < 4.78 is 5.39. The molecule has 0 saturated carbocycles. The zero-order valence-electron chi connectivity index (χ0n) is 16.6. The zero-order chi connectivity index (χ0) is 18.8. The molecule has 0 spiro atoms. The molecule has 0 heterocycles. The molecule has 0 aromatic carbocycles. The number of carboxylic acids is 1. The second-order valence-corrected chi connectivity index (χ2v) is 7.14.